The summed E-state index contributed by atoms with van der Waals surface area (Å²) in [6.07, 6.45) is 7.12. The highest BCUT2D eigenvalue weighted by Crippen LogP contribution is 2.12. The lowest BCUT2D eigenvalue weighted by Crippen LogP contribution is -2.20. The van der Waals surface area contributed by atoms with E-state index in [2.05, 4.69) is 32.4 Å². The van der Waals surface area contributed by atoms with Gasteiger partial charge in [-0.05, 0) is 13.8 Å². The Morgan fingerprint density at radius 1 is 1.38 bits per heavy atom. The lowest BCUT2D eigenvalue weighted by atomic mass is 10.2. The Labute approximate surface area is 94.3 Å². The molecule has 2 heterocycles. The van der Waals surface area contributed by atoms with Crippen molar-refractivity contribution in [2.75, 3.05) is 0 Å². The van der Waals surface area contributed by atoms with Gasteiger partial charge >= 0.3 is 0 Å². The van der Waals surface area contributed by atoms with E-state index in [-0.39, 0.29) is 6.04 Å². The smallest absolute Gasteiger partial charge is 0.0782 e. The molecule has 1 atom stereocenters. The van der Waals surface area contributed by atoms with Crippen molar-refractivity contribution in [1.82, 2.24) is 25.5 Å². The molecule has 0 aliphatic heterocycles. The van der Waals surface area contributed by atoms with Crippen LogP contribution < -0.4 is 5.32 Å². The van der Waals surface area contributed by atoms with Crippen LogP contribution in [0.25, 0.3) is 0 Å². The Bertz CT molecular complexity index is 437. The third kappa shape index (κ3) is 2.43. The maximum Gasteiger partial charge on any atom is 0.0782 e. The van der Waals surface area contributed by atoms with Crippen LogP contribution in [0.4, 0.5) is 0 Å². The quantitative estimate of drug-likeness (QED) is 0.811. The van der Waals surface area contributed by atoms with E-state index in [9.17, 15) is 0 Å². The molecule has 0 fully saturated rings. The summed E-state index contributed by atoms with van der Waals surface area (Å²) < 4.78 is 0. The van der Waals surface area contributed by atoms with E-state index in [0.717, 1.165) is 23.5 Å². The van der Waals surface area contributed by atoms with Crippen molar-refractivity contribution in [3.05, 3.63) is 41.7 Å². The van der Waals surface area contributed by atoms with Crippen molar-refractivity contribution in [3.63, 3.8) is 0 Å². The summed E-state index contributed by atoms with van der Waals surface area (Å²) in [4.78, 5) is 8.55. The van der Waals surface area contributed by atoms with Crippen LogP contribution in [0.5, 0.6) is 0 Å². The first-order valence-electron chi connectivity index (χ1n) is 5.26. The number of H-pyrrole nitrogens is 1. The van der Waals surface area contributed by atoms with Gasteiger partial charge in [-0.3, -0.25) is 15.1 Å². The van der Waals surface area contributed by atoms with Gasteiger partial charge in [0.1, 0.15) is 0 Å². The van der Waals surface area contributed by atoms with Crippen molar-refractivity contribution < 1.29 is 0 Å². The minimum absolute atomic E-state index is 0.184. The maximum atomic E-state index is 4.33. The number of aromatic nitrogens is 4. The standard InChI is InChI=1S/C11H15N5/c1-8-11(13-4-3-12-8)9(2)14-5-10-6-15-16-7-10/h3-4,6-7,9,14H,5H2,1-2H3,(H,15,16). The van der Waals surface area contributed by atoms with Gasteiger partial charge in [-0.15, -0.1) is 0 Å². The van der Waals surface area contributed by atoms with Gasteiger partial charge in [-0.25, -0.2) is 0 Å². The summed E-state index contributed by atoms with van der Waals surface area (Å²) in [5, 5.41) is 10.1. The van der Waals surface area contributed by atoms with Crippen LogP contribution in [0.2, 0.25) is 0 Å². The van der Waals surface area contributed by atoms with Crippen LogP contribution in [0.3, 0.4) is 0 Å². The normalized spacial score (nSPS) is 12.6. The number of hydrogen-bond donors (Lipinski definition) is 2. The Morgan fingerprint density at radius 2 is 2.19 bits per heavy atom. The van der Waals surface area contributed by atoms with E-state index in [1.807, 2.05) is 19.3 Å². The molecule has 2 N–H and O–H groups in total. The van der Waals surface area contributed by atoms with Crippen molar-refractivity contribution in [2.45, 2.75) is 26.4 Å². The first kappa shape index (κ1) is 10.8. The molecule has 0 aliphatic rings. The fraction of sp³-hybridized carbons (Fsp3) is 0.364. The second-order valence-corrected chi connectivity index (χ2v) is 3.74. The highest BCUT2D eigenvalue weighted by Gasteiger charge is 2.09. The van der Waals surface area contributed by atoms with E-state index in [4.69, 9.17) is 0 Å². The Morgan fingerprint density at radius 3 is 2.88 bits per heavy atom. The summed E-state index contributed by atoms with van der Waals surface area (Å²) in [6.45, 7) is 4.82. The third-order valence-electron chi connectivity index (χ3n) is 2.50. The zero-order valence-electron chi connectivity index (χ0n) is 9.44. The number of nitrogens with one attached hydrogen (secondary N) is 2. The summed E-state index contributed by atoms with van der Waals surface area (Å²) in [5.74, 6) is 0. The van der Waals surface area contributed by atoms with Crippen molar-refractivity contribution >= 4 is 0 Å². The summed E-state index contributed by atoms with van der Waals surface area (Å²) in [7, 11) is 0. The zero-order chi connectivity index (χ0) is 11.4. The van der Waals surface area contributed by atoms with Gasteiger partial charge in [-0.1, -0.05) is 0 Å². The predicted molar refractivity (Wildman–Crippen MR) is 60.6 cm³/mol. The first-order valence-corrected chi connectivity index (χ1v) is 5.26. The first-order chi connectivity index (χ1) is 7.77. The molecule has 0 aromatic carbocycles. The second-order valence-electron chi connectivity index (χ2n) is 3.74. The lowest BCUT2D eigenvalue weighted by molar-refractivity contribution is 0.555. The van der Waals surface area contributed by atoms with Crippen LogP contribution in [0.1, 0.15) is 29.9 Å². The number of rotatable bonds is 4. The fourth-order valence-corrected chi connectivity index (χ4v) is 1.59. The van der Waals surface area contributed by atoms with E-state index >= 15 is 0 Å². The minimum Gasteiger partial charge on any atom is -0.305 e. The predicted octanol–water partition coefficient (Wildman–Crippen LogP) is 1.36. The molecule has 1 unspecified atom stereocenters. The summed E-state index contributed by atoms with van der Waals surface area (Å²) in [6, 6.07) is 0.184. The van der Waals surface area contributed by atoms with Crippen LogP contribution in [-0.4, -0.2) is 20.2 Å². The Hall–Kier alpha value is -1.75. The molecule has 0 saturated carbocycles. The van der Waals surface area contributed by atoms with Gasteiger partial charge in [0.25, 0.3) is 0 Å². The van der Waals surface area contributed by atoms with Gasteiger partial charge in [0.15, 0.2) is 0 Å². The third-order valence-corrected chi connectivity index (χ3v) is 2.50. The van der Waals surface area contributed by atoms with Crippen molar-refractivity contribution in [1.29, 1.82) is 0 Å². The highest BCUT2D eigenvalue weighted by atomic mass is 15.1. The van der Waals surface area contributed by atoms with Crippen LogP contribution in [-0.2, 0) is 6.54 Å². The molecule has 0 spiro atoms. The molecular weight excluding hydrogens is 202 g/mol. The number of aromatic amines is 1. The van der Waals surface area contributed by atoms with Gasteiger partial charge in [-0.2, -0.15) is 5.10 Å². The van der Waals surface area contributed by atoms with Crippen LogP contribution in [0.15, 0.2) is 24.8 Å². The largest absolute Gasteiger partial charge is 0.305 e. The molecule has 0 saturated heterocycles. The molecule has 0 radical (unpaired) electrons. The molecule has 16 heavy (non-hydrogen) atoms. The molecule has 0 aliphatic carbocycles. The van der Waals surface area contributed by atoms with E-state index < -0.39 is 0 Å². The van der Waals surface area contributed by atoms with Gasteiger partial charge < -0.3 is 5.32 Å². The summed E-state index contributed by atoms with van der Waals surface area (Å²) in [5.41, 5.74) is 3.09. The topological polar surface area (TPSA) is 66.5 Å². The molecule has 2 rings (SSSR count). The molecule has 2 aromatic rings. The van der Waals surface area contributed by atoms with E-state index in [1.54, 1.807) is 12.4 Å². The Kier molecular flexibility index (Phi) is 3.26. The molecule has 2 aromatic heterocycles. The molecule has 0 amide bonds. The van der Waals surface area contributed by atoms with E-state index in [1.165, 1.54) is 0 Å². The van der Waals surface area contributed by atoms with Gasteiger partial charge in [0, 0.05) is 36.7 Å². The SMILES string of the molecule is Cc1nccnc1C(C)NCc1cn[nH]c1. The van der Waals surface area contributed by atoms with Crippen molar-refractivity contribution in [3.8, 4) is 0 Å². The monoisotopic (exact) mass is 217 g/mol. The van der Waals surface area contributed by atoms with Gasteiger partial charge in [0.05, 0.1) is 17.6 Å². The molecule has 5 nitrogen and oxygen atoms in total. The van der Waals surface area contributed by atoms with Gasteiger partial charge in [0.2, 0.25) is 0 Å². The Balaban J connectivity index is 1.98. The maximum absolute atomic E-state index is 4.33. The van der Waals surface area contributed by atoms with Crippen molar-refractivity contribution in [2.24, 2.45) is 0 Å². The number of aryl methyl sites for hydroxylation is 1. The average Bonchev–Trinajstić information content (AvgIpc) is 2.79. The van der Waals surface area contributed by atoms with E-state index in [0.29, 0.717) is 0 Å². The highest BCUT2D eigenvalue weighted by molar-refractivity contribution is 5.13. The second kappa shape index (κ2) is 4.85. The average molecular weight is 217 g/mol. The minimum atomic E-state index is 0.184. The molecule has 5 heteroatoms. The fourth-order valence-electron chi connectivity index (χ4n) is 1.59. The number of hydrogen-bond acceptors (Lipinski definition) is 4. The lowest BCUT2D eigenvalue weighted by Gasteiger charge is -2.13. The number of nitrogens with zero attached hydrogens (tertiary/aromatic N) is 3. The molecular formula is C11H15N5. The zero-order valence-corrected chi connectivity index (χ0v) is 9.44. The van der Waals surface area contributed by atoms with Crippen LogP contribution >= 0.6 is 0 Å². The molecule has 84 valence electrons. The summed E-state index contributed by atoms with van der Waals surface area (Å²) >= 11 is 0. The van der Waals surface area contributed by atoms with Crippen LogP contribution in [0, 0.1) is 6.92 Å². The molecule has 0 bridgehead atoms.